The molecule has 2 nitrogen and oxygen atoms in total. The van der Waals surface area contributed by atoms with Crippen molar-refractivity contribution in [1.82, 2.24) is 5.32 Å². The number of thioether (sulfide) groups is 1. The van der Waals surface area contributed by atoms with Crippen LogP contribution in [0.2, 0.25) is 5.02 Å². The van der Waals surface area contributed by atoms with Gasteiger partial charge < -0.3 is 10.4 Å². The molecule has 0 aliphatic heterocycles. The molecule has 1 rings (SSSR count). The lowest BCUT2D eigenvalue weighted by Gasteiger charge is -2.13. The van der Waals surface area contributed by atoms with E-state index in [1.54, 1.807) is 11.8 Å². The standard InChI is InChI=1S/C12H18ClNOS/c1-9(2)14-8-10-4-3-5-11(13)12(10)16-7-6-15/h3-5,9,14-15H,6-8H2,1-2H3. The van der Waals surface area contributed by atoms with Gasteiger partial charge in [0.2, 0.25) is 0 Å². The molecular weight excluding hydrogens is 242 g/mol. The molecule has 0 atom stereocenters. The second kappa shape index (κ2) is 7.17. The quantitative estimate of drug-likeness (QED) is 0.771. The molecule has 0 saturated heterocycles. The summed E-state index contributed by atoms with van der Waals surface area (Å²) >= 11 is 7.75. The fourth-order valence-corrected chi connectivity index (χ4v) is 2.50. The predicted octanol–water partition coefficient (Wildman–Crippen LogP) is 2.92. The first-order valence-electron chi connectivity index (χ1n) is 5.39. The Labute approximate surface area is 106 Å². The zero-order valence-corrected chi connectivity index (χ0v) is 11.2. The molecule has 0 spiro atoms. The van der Waals surface area contributed by atoms with Crippen molar-refractivity contribution in [3.8, 4) is 0 Å². The normalized spacial score (nSPS) is 11.1. The van der Waals surface area contributed by atoms with E-state index in [0.29, 0.717) is 11.8 Å². The Morgan fingerprint density at radius 3 is 2.81 bits per heavy atom. The minimum atomic E-state index is 0.174. The summed E-state index contributed by atoms with van der Waals surface area (Å²) < 4.78 is 0. The second-order valence-corrected chi connectivity index (χ2v) is 5.35. The van der Waals surface area contributed by atoms with Crippen LogP contribution in [-0.4, -0.2) is 23.5 Å². The van der Waals surface area contributed by atoms with Gasteiger partial charge in [-0.25, -0.2) is 0 Å². The number of benzene rings is 1. The van der Waals surface area contributed by atoms with Gasteiger partial charge in [0.15, 0.2) is 0 Å². The van der Waals surface area contributed by atoms with E-state index in [1.807, 2.05) is 12.1 Å². The molecule has 1 aromatic rings. The smallest absolute Gasteiger partial charge is 0.0545 e. The first-order valence-corrected chi connectivity index (χ1v) is 6.76. The van der Waals surface area contributed by atoms with E-state index in [9.17, 15) is 0 Å². The number of hydrogen-bond donors (Lipinski definition) is 2. The Bertz CT molecular complexity index is 331. The van der Waals surface area contributed by atoms with Gasteiger partial charge in [-0.3, -0.25) is 0 Å². The number of rotatable bonds is 6. The third-order valence-corrected chi connectivity index (χ3v) is 3.67. The van der Waals surface area contributed by atoms with Crippen molar-refractivity contribution in [1.29, 1.82) is 0 Å². The third-order valence-electron chi connectivity index (χ3n) is 2.09. The summed E-state index contributed by atoms with van der Waals surface area (Å²) in [7, 11) is 0. The Kier molecular flexibility index (Phi) is 6.21. The minimum Gasteiger partial charge on any atom is -0.396 e. The van der Waals surface area contributed by atoms with E-state index in [1.165, 1.54) is 5.56 Å². The average molecular weight is 260 g/mol. The molecule has 0 unspecified atom stereocenters. The molecule has 16 heavy (non-hydrogen) atoms. The fraction of sp³-hybridized carbons (Fsp3) is 0.500. The molecule has 0 aliphatic rings. The number of aliphatic hydroxyl groups excluding tert-OH is 1. The van der Waals surface area contributed by atoms with Crippen molar-refractivity contribution in [2.75, 3.05) is 12.4 Å². The Morgan fingerprint density at radius 2 is 2.19 bits per heavy atom. The van der Waals surface area contributed by atoms with Crippen molar-refractivity contribution in [2.45, 2.75) is 31.3 Å². The molecule has 0 radical (unpaired) electrons. The molecule has 4 heteroatoms. The molecule has 90 valence electrons. The highest BCUT2D eigenvalue weighted by molar-refractivity contribution is 7.99. The zero-order chi connectivity index (χ0) is 12.0. The monoisotopic (exact) mass is 259 g/mol. The van der Waals surface area contributed by atoms with Crippen LogP contribution in [0.25, 0.3) is 0 Å². The van der Waals surface area contributed by atoms with Crippen molar-refractivity contribution in [3.05, 3.63) is 28.8 Å². The van der Waals surface area contributed by atoms with Crippen LogP contribution in [-0.2, 0) is 6.54 Å². The number of nitrogens with one attached hydrogen (secondary N) is 1. The highest BCUT2D eigenvalue weighted by atomic mass is 35.5. The Morgan fingerprint density at radius 1 is 1.44 bits per heavy atom. The van der Waals surface area contributed by atoms with Crippen LogP contribution in [0.15, 0.2) is 23.1 Å². The van der Waals surface area contributed by atoms with E-state index < -0.39 is 0 Å². The number of aliphatic hydroxyl groups is 1. The zero-order valence-electron chi connectivity index (χ0n) is 9.66. The Balaban J connectivity index is 2.76. The summed E-state index contributed by atoms with van der Waals surface area (Å²) in [6, 6.07) is 6.37. The maximum absolute atomic E-state index is 8.85. The van der Waals surface area contributed by atoms with Gasteiger partial charge in [0, 0.05) is 23.2 Å². The number of hydrogen-bond acceptors (Lipinski definition) is 3. The van der Waals surface area contributed by atoms with E-state index in [4.69, 9.17) is 16.7 Å². The third kappa shape index (κ3) is 4.34. The lowest BCUT2D eigenvalue weighted by atomic mass is 10.2. The first kappa shape index (κ1) is 13.8. The summed E-state index contributed by atoms with van der Waals surface area (Å²) in [6.45, 7) is 5.22. The van der Waals surface area contributed by atoms with Crippen molar-refractivity contribution in [3.63, 3.8) is 0 Å². The molecule has 0 bridgehead atoms. The van der Waals surface area contributed by atoms with Gasteiger partial charge in [-0.2, -0.15) is 0 Å². The van der Waals surface area contributed by atoms with Crippen LogP contribution in [0.4, 0.5) is 0 Å². The molecule has 0 heterocycles. The predicted molar refractivity (Wildman–Crippen MR) is 71.2 cm³/mol. The molecule has 0 aliphatic carbocycles. The molecular formula is C12H18ClNOS. The van der Waals surface area contributed by atoms with Crippen LogP contribution >= 0.6 is 23.4 Å². The lowest BCUT2D eigenvalue weighted by Crippen LogP contribution is -2.22. The van der Waals surface area contributed by atoms with Gasteiger partial charge in [0.05, 0.1) is 11.6 Å². The largest absolute Gasteiger partial charge is 0.396 e. The maximum Gasteiger partial charge on any atom is 0.0545 e. The molecule has 0 fully saturated rings. The molecule has 0 amide bonds. The first-order chi connectivity index (χ1) is 7.65. The van der Waals surface area contributed by atoms with Crippen LogP contribution in [0, 0.1) is 0 Å². The van der Waals surface area contributed by atoms with Crippen molar-refractivity contribution in [2.24, 2.45) is 0 Å². The summed E-state index contributed by atoms with van der Waals surface area (Å²) in [5.74, 6) is 0.679. The summed E-state index contributed by atoms with van der Waals surface area (Å²) in [5.41, 5.74) is 1.19. The summed E-state index contributed by atoms with van der Waals surface area (Å²) in [5, 5.41) is 13.0. The SMILES string of the molecule is CC(C)NCc1cccc(Cl)c1SCCO. The lowest BCUT2D eigenvalue weighted by molar-refractivity contribution is 0.322. The molecule has 0 saturated carbocycles. The van der Waals surface area contributed by atoms with Crippen LogP contribution in [0.3, 0.4) is 0 Å². The van der Waals surface area contributed by atoms with E-state index in [-0.39, 0.29) is 6.61 Å². The topological polar surface area (TPSA) is 32.3 Å². The van der Waals surface area contributed by atoms with E-state index in [0.717, 1.165) is 16.5 Å². The van der Waals surface area contributed by atoms with Gasteiger partial charge in [-0.15, -0.1) is 11.8 Å². The van der Waals surface area contributed by atoms with Gasteiger partial charge in [-0.1, -0.05) is 37.6 Å². The Hall–Kier alpha value is -0.220. The summed E-state index contributed by atoms with van der Waals surface area (Å²) in [6.07, 6.45) is 0. The maximum atomic E-state index is 8.85. The second-order valence-electron chi connectivity index (χ2n) is 3.84. The van der Waals surface area contributed by atoms with Crippen molar-refractivity contribution < 1.29 is 5.11 Å². The highest BCUT2D eigenvalue weighted by Gasteiger charge is 2.07. The molecule has 1 aromatic carbocycles. The van der Waals surface area contributed by atoms with Gasteiger partial charge in [-0.05, 0) is 11.6 Å². The summed E-state index contributed by atoms with van der Waals surface area (Å²) in [4.78, 5) is 1.08. The van der Waals surface area contributed by atoms with Gasteiger partial charge in [0.25, 0.3) is 0 Å². The van der Waals surface area contributed by atoms with Crippen molar-refractivity contribution >= 4 is 23.4 Å². The minimum absolute atomic E-state index is 0.174. The number of halogens is 1. The van der Waals surface area contributed by atoms with Gasteiger partial charge in [0.1, 0.15) is 0 Å². The van der Waals surface area contributed by atoms with Crippen LogP contribution in [0.5, 0.6) is 0 Å². The average Bonchev–Trinajstić information content (AvgIpc) is 2.25. The van der Waals surface area contributed by atoms with E-state index in [2.05, 4.69) is 25.2 Å². The van der Waals surface area contributed by atoms with Crippen LogP contribution in [0.1, 0.15) is 19.4 Å². The van der Waals surface area contributed by atoms with Gasteiger partial charge >= 0.3 is 0 Å². The van der Waals surface area contributed by atoms with E-state index >= 15 is 0 Å². The van der Waals surface area contributed by atoms with Crippen LogP contribution < -0.4 is 5.32 Å². The fourth-order valence-electron chi connectivity index (χ4n) is 1.32. The highest BCUT2D eigenvalue weighted by Crippen LogP contribution is 2.30. The molecule has 0 aromatic heterocycles. The molecule has 2 N–H and O–H groups in total.